The Balaban J connectivity index is 2.07. The topological polar surface area (TPSA) is 86.7 Å². The fourth-order valence-corrected chi connectivity index (χ4v) is 2.29. The van der Waals surface area contributed by atoms with Crippen molar-refractivity contribution in [2.45, 2.75) is 32.9 Å². The highest BCUT2D eigenvalue weighted by atomic mass is 16.4. The highest BCUT2D eigenvalue weighted by Crippen LogP contribution is 2.17. The van der Waals surface area contributed by atoms with E-state index in [1.165, 1.54) is 17.0 Å². The first-order valence-corrected chi connectivity index (χ1v) is 6.82. The minimum absolute atomic E-state index is 0.152. The predicted molar refractivity (Wildman–Crippen MR) is 75.7 cm³/mol. The Hall–Kier alpha value is -2.37. The van der Waals surface area contributed by atoms with Crippen molar-refractivity contribution in [3.63, 3.8) is 0 Å². The van der Waals surface area contributed by atoms with Crippen LogP contribution in [0, 0.1) is 5.92 Å². The largest absolute Gasteiger partial charge is 0.478 e. The number of imide groups is 1. The smallest absolute Gasteiger partial charge is 0.335 e. The van der Waals surface area contributed by atoms with Crippen LogP contribution >= 0.6 is 0 Å². The van der Waals surface area contributed by atoms with Gasteiger partial charge in [-0.3, -0.25) is 9.69 Å². The third kappa shape index (κ3) is 3.39. The second kappa shape index (κ2) is 5.95. The van der Waals surface area contributed by atoms with Crippen LogP contribution in [0.1, 0.15) is 36.2 Å². The number of carboxylic acid groups (broad SMARTS) is 1. The number of aromatic carboxylic acids is 1. The van der Waals surface area contributed by atoms with E-state index in [1.54, 1.807) is 12.1 Å². The molecule has 6 heteroatoms. The number of amides is 3. The van der Waals surface area contributed by atoms with Crippen LogP contribution in [0.5, 0.6) is 0 Å². The van der Waals surface area contributed by atoms with E-state index in [0.717, 1.165) is 0 Å². The van der Waals surface area contributed by atoms with Gasteiger partial charge in [0.2, 0.25) is 0 Å². The molecular weight excluding hydrogens is 272 g/mol. The van der Waals surface area contributed by atoms with Gasteiger partial charge < -0.3 is 10.4 Å². The molecule has 0 aliphatic carbocycles. The first kappa shape index (κ1) is 15.0. The summed E-state index contributed by atoms with van der Waals surface area (Å²) < 4.78 is 0. The number of urea groups is 1. The number of carbonyl (C=O) groups excluding carboxylic acids is 2. The van der Waals surface area contributed by atoms with E-state index in [0.29, 0.717) is 17.9 Å². The fraction of sp³-hybridized carbons (Fsp3) is 0.400. The standard InChI is InChI=1S/C15H18N2O4/c1-9(2)7-12-13(18)17(15(21)16-12)8-10-3-5-11(6-4-10)14(19)20/h3-6,9,12H,7-8H2,1-2H3,(H,16,21)(H,19,20). The summed E-state index contributed by atoms with van der Waals surface area (Å²) in [6.45, 7) is 4.14. The van der Waals surface area contributed by atoms with Gasteiger partial charge in [-0.15, -0.1) is 0 Å². The van der Waals surface area contributed by atoms with Crippen molar-refractivity contribution in [2.75, 3.05) is 0 Å². The number of nitrogens with zero attached hydrogens (tertiary/aromatic N) is 1. The van der Waals surface area contributed by atoms with Crippen molar-refractivity contribution < 1.29 is 19.5 Å². The van der Waals surface area contributed by atoms with Gasteiger partial charge in [0.25, 0.3) is 5.91 Å². The number of benzene rings is 1. The normalized spacial score (nSPS) is 18.2. The number of hydrogen-bond acceptors (Lipinski definition) is 3. The summed E-state index contributed by atoms with van der Waals surface area (Å²) in [5.41, 5.74) is 0.891. The van der Waals surface area contributed by atoms with E-state index in [9.17, 15) is 14.4 Å². The highest BCUT2D eigenvalue weighted by Gasteiger charge is 2.37. The first-order chi connectivity index (χ1) is 9.88. The quantitative estimate of drug-likeness (QED) is 0.810. The second-order valence-corrected chi connectivity index (χ2v) is 5.56. The van der Waals surface area contributed by atoms with Gasteiger partial charge in [-0.05, 0) is 30.0 Å². The minimum Gasteiger partial charge on any atom is -0.478 e. The average Bonchev–Trinajstić information content (AvgIpc) is 2.66. The lowest BCUT2D eigenvalue weighted by atomic mass is 10.0. The van der Waals surface area contributed by atoms with Crippen molar-refractivity contribution in [3.05, 3.63) is 35.4 Å². The maximum Gasteiger partial charge on any atom is 0.335 e. The third-order valence-corrected chi connectivity index (χ3v) is 3.36. The average molecular weight is 290 g/mol. The molecule has 0 spiro atoms. The van der Waals surface area contributed by atoms with Crippen LogP contribution in [0.2, 0.25) is 0 Å². The van der Waals surface area contributed by atoms with Gasteiger partial charge in [-0.2, -0.15) is 0 Å². The molecule has 6 nitrogen and oxygen atoms in total. The zero-order valence-electron chi connectivity index (χ0n) is 12.0. The monoisotopic (exact) mass is 290 g/mol. The molecular formula is C15H18N2O4. The molecule has 1 saturated heterocycles. The van der Waals surface area contributed by atoms with Gasteiger partial charge in [0.15, 0.2) is 0 Å². The van der Waals surface area contributed by atoms with E-state index in [4.69, 9.17) is 5.11 Å². The molecule has 1 heterocycles. The molecule has 1 unspecified atom stereocenters. The Labute approximate surface area is 122 Å². The highest BCUT2D eigenvalue weighted by molar-refractivity contribution is 6.04. The lowest BCUT2D eigenvalue weighted by Crippen LogP contribution is -2.31. The van der Waals surface area contributed by atoms with Crippen molar-refractivity contribution in [1.82, 2.24) is 10.2 Å². The zero-order chi connectivity index (χ0) is 15.6. The lowest BCUT2D eigenvalue weighted by molar-refractivity contribution is -0.128. The summed E-state index contributed by atoms with van der Waals surface area (Å²) >= 11 is 0. The van der Waals surface area contributed by atoms with Crippen LogP contribution in [0.4, 0.5) is 4.79 Å². The molecule has 2 N–H and O–H groups in total. The molecule has 1 aliphatic rings. The van der Waals surface area contributed by atoms with Gasteiger partial charge in [0.05, 0.1) is 12.1 Å². The lowest BCUT2D eigenvalue weighted by Gasteiger charge is -2.14. The second-order valence-electron chi connectivity index (χ2n) is 5.56. The Morgan fingerprint density at radius 1 is 1.29 bits per heavy atom. The summed E-state index contributed by atoms with van der Waals surface area (Å²) in [4.78, 5) is 36.0. The molecule has 1 atom stereocenters. The SMILES string of the molecule is CC(C)CC1NC(=O)N(Cc2ccc(C(=O)O)cc2)C1=O. The number of nitrogens with one attached hydrogen (secondary N) is 1. The Morgan fingerprint density at radius 2 is 1.90 bits per heavy atom. The molecule has 1 fully saturated rings. The summed E-state index contributed by atoms with van der Waals surface area (Å²) in [5.74, 6) is -0.918. The maximum absolute atomic E-state index is 12.2. The summed E-state index contributed by atoms with van der Waals surface area (Å²) in [6, 6.07) is 5.28. The number of carboxylic acids is 1. The van der Waals surface area contributed by atoms with Crippen LogP contribution in [-0.2, 0) is 11.3 Å². The molecule has 0 aromatic heterocycles. The summed E-state index contributed by atoms with van der Waals surface area (Å²) in [7, 11) is 0. The zero-order valence-corrected chi connectivity index (χ0v) is 12.0. The van der Waals surface area contributed by atoms with Crippen LogP contribution in [0.3, 0.4) is 0 Å². The van der Waals surface area contributed by atoms with E-state index in [1.807, 2.05) is 13.8 Å². The number of carbonyl (C=O) groups is 3. The fourth-order valence-electron chi connectivity index (χ4n) is 2.29. The van der Waals surface area contributed by atoms with Crippen molar-refractivity contribution in [1.29, 1.82) is 0 Å². The number of hydrogen-bond donors (Lipinski definition) is 2. The van der Waals surface area contributed by atoms with Gasteiger partial charge in [-0.25, -0.2) is 9.59 Å². The molecule has 0 saturated carbocycles. The van der Waals surface area contributed by atoms with Crippen molar-refractivity contribution in [3.8, 4) is 0 Å². The minimum atomic E-state index is -1.01. The molecule has 3 amide bonds. The molecule has 2 rings (SSSR count). The maximum atomic E-state index is 12.2. The Bertz CT molecular complexity index is 566. The Morgan fingerprint density at radius 3 is 2.43 bits per heavy atom. The van der Waals surface area contributed by atoms with Gasteiger partial charge in [-0.1, -0.05) is 26.0 Å². The van der Waals surface area contributed by atoms with Gasteiger partial charge in [0.1, 0.15) is 6.04 Å². The van der Waals surface area contributed by atoms with Crippen LogP contribution in [-0.4, -0.2) is 34.0 Å². The van der Waals surface area contributed by atoms with Crippen LogP contribution in [0.15, 0.2) is 24.3 Å². The predicted octanol–water partition coefficient (Wildman–Crippen LogP) is 1.85. The van der Waals surface area contributed by atoms with E-state index < -0.39 is 18.0 Å². The van der Waals surface area contributed by atoms with Gasteiger partial charge in [0, 0.05) is 0 Å². The molecule has 21 heavy (non-hydrogen) atoms. The summed E-state index contributed by atoms with van der Waals surface area (Å²) in [6.07, 6.45) is 0.610. The molecule has 112 valence electrons. The molecule has 0 bridgehead atoms. The van der Waals surface area contributed by atoms with E-state index >= 15 is 0 Å². The van der Waals surface area contributed by atoms with Crippen LogP contribution < -0.4 is 5.32 Å². The van der Waals surface area contributed by atoms with Crippen molar-refractivity contribution >= 4 is 17.9 Å². The van der Waals surface area contributed by atoms with Gasteiger partial charge >= 0.3 is 12.0 Å². The van der Waals surface area contributed by atoms with Crippen LogP contribution in [0.25, 0.3) is 0 Å². The molecule has 0 radical (unpaired) electrons. The molecule has 1 aromatic carbocycles. The first-order valence-electron chi connectivity index (χ1n) is 6.82. The summed E-state index contributed by atoms with van der Waals surface area (Å²) in [5, 5.41) is 11.5. The van der Waals surface area contributed by atoms with E-state index in [-0.39, 0.29) is 18.0 Å². The Kier molecular flexibility index (Phi) is 4.26. The molecule has 1 aromatic rings. The number of rotatable bonds is 5. The molecule has 1 aliphatic heterocycles. The van der Waals surface area contributed by atoms with Crippen molar-refractivity contribution in [2.24, 2.45) is 5.92 Å². The third-order valence-electron chi connectivity index (χ3n) is 3.36. The van der Waals surface area contributed by atoms with E-state index in [2.05, 4.69) is 5.32 Å².